The van der Waals surface area contributed by atoms with E-state index >= 15 is 0 Å². The highest BCUT2D eigenvalue weighted by atomic mass is 127. The van der Waals surface area contributed by atoms with Crippen LogP contribution in [-0.2, 0) is 22.6 Å². The molecule has 2 rings (SSSR count). The van der Waals surface area contributed by atoms with Crippen molar-refractivity contribution in [2.45, 2.75) is 20.0 Å². The number of benzene rings is 2. The lowest BCUT2D eigenvalue weighted by atomic mass is 10.0. The summed E-state index contributed by atoms with van der Waals surface area (Å²) in [5, 5.41) is 0. The number of hydrogen-bond acceptors (Lipinski definition) is 5. The van der Waals surface area contributed by atoms with Gasteiger partial charge in [0.1, 0.15) is 12.4 Å². The summed E-state index contributed by atoms with van der Waals surface area (Å²) in [4.78, 5) is 11.8. The van der Waals surface area contributed by atoms with Crippen LogP contribution in [0.2, 0.25) is 0 Å². The van der Waals surface area contributed by atoms with Gasteiger partial charge in [-0.25, -0.2) is 0 Å². The highest BCUT2D eigenvalue weighted by molar-refractivity contribution is 14.1. The van der Waals surface area contributed by atoms with Crippen molar-refractivity contribution >= 4 is 28.6 Å². The van der Waals surface area contributed by atoms with Crippen molar-refractivity contribution in [1.82, 2.24) is 0 Å². The number of methoxy groups -OCH3 is 3. The summed E-state index contributed by atoms with van der Waals surface area (Å²) in [5.74, 6) is 1.42. The number of carbonyl (C=O) groups excluding carboxylic acids is 1. The number of ether oxygens (including phenoxy) is 4. The zero-order valence-corrected chi connectivity index (χ0v) is 16.9. The predicted molar refractivity (Wildman–Crippen MR) is 103 cm³/mol. The van der Waals surface area contributed by atoms with Crippen LogP contribution in [0.3, 0.4) is 0 Å². The SMILES string of the molecule is COC(=O)Cc1c(I)c(OCc2ccccc2)c(C)c(OC)c1OC. The van der Waals surface area contributed by atoms with Gasteiger partial charge >= 0.3 is 5.97 Å². The molecule has 0 saturated carbocycles. The van der Waals surface area contributed by atoms with Gasteiger partial charge in [0, 0.05) is 11.1 Å². The van der Waals surface area contributed by atoms with E-state index in [1.165, 1.54) is 7.11 Å². The molecule has 0 aliphatic carbocycles. The summed E-state index contributed by atoms with van der Waals surface area (Å²) < 4.78 is 22.7. The molecule has 0 bridgehead atoms. The van der Waals surface area contributed by atoms with Crippen LogP contribution in [0.5, 0.6) is 17.2 Å². The molecule has 0 N–H and O–H groups in total. The molecule has 2 aromatic carbocycles. The highest BCUT2D eigenvalue weighted by Gasteiger charge is 2.25. The van der Waals surface area contributed by atoms with Crippen molar-refractivity contribution in [1.29, 1.82) is 0 Å². The van der Waals surface area contributed by atoms with Crippen LogP contribution in [0.4, 0.5) is 0 Å². The fourth-order valence-electron chi connectivity index (χ4n) is 2.55. The van der Waals surface area contributed by atoms with E-state index in [9.17, 15) is 4.79 Å². The van der Waals surface area contributed by atoms with E-state index in [1.807, 2.05) is 37.3 Å². The summed E-state index contributed by atoms with van der Waals surface area (Å²) in [7, 11) is 4.49. The van der Waals surface area contributed by atoms with Crippen LogP contribution in [0.15, 0.2) is 30.3 Å². The standard InChI is InChI=1S/C19H21IO5/c1-12-17(25-11-13-8-6-5-7-9-13)16(20)14(10-15(21)22-2)19(24-4)18(12)23-3/h5-9H,10-11H2,1-4H3. The van der Waals surface area contributed by atoms with E-state index in [-0.39, 0.29) is 12.4 Å². The smallest absolute Gasteiger partial charge is 0.310 e. The first-order valence-corrected chi connectivity index (χ1v) is 8.77. The van der Waals surface area contributed by atoms with Gasteiger partial charge in [-0.15, -0.1) is 0 Å². The Labute approximate surface area is 161 Å². The first-order valence-electron chi connectivity index (χ1n) is 7.69. The van der Waals surface area contributed by atoms with Crippen molar-refractivity contribution in [3.05, 3.63) is 50.6 Å². The molecule has 0 aromatic heterocycles. The van der Waals surface area contributed by atoms with Crippen LogP contribution < -0.4 is 14.2 Å². The van der Waals surface area contributed by atoms with Gasteiger partial charge in [-0.2, -0.15) is 0 Å². The van der Waals surface area contributed by atoms with Gasteiger partial charge < -0.3 is 18.9 Å². The lowest BCUT2D eigenvalue weighted by Crippen LogP contribution is -2.11. The van der Waals surface area contributed by atoms with Crippen LogP contribution in [0.1, 0.15) is 16.7 Å². The molecule has 0 amide bonds. The van der Waals surface area contributed by atoms with Gasteiger partial charge in [0.05, 0.1) is 31.3 Å². The maximum absolute atomic E-state index is 11.8. The minimum Gasteiger partial charge on any atom is -0.493 e. The Kier molecular flexibility index (Phi) is 6.92. The first kappa shape index (κ1) is 19.4. The molecule has 5 nitrogen and oxygen atoms in total. The quantitative estimate of drug-likeness (QED) is 0.467. The monoisotopic (exact) mass is 456 g/mol. The Morgan fingerprint density at radius 1 is 1.00 bits per heavy atom. The fourth-order valence-corrected chi connectivity index (χ4v) is 3.55. The van der Waals surface area contributed by atoms with Gasteiger partial charge in [0.15, 0.2) is 11.5 Å². The zero-order chi connectivity index (χ0) is 18.4. The van der Waals surface area contributed by atoms with Crippen molar-refractivity contribution in [3.8, 4) is 17.2 Å². The summed E-state index contributed by atoms with van der Waals surface area (Å²) in [6.07, 6.45) is 0.0796. The molecule has 0 radical (unpaired) electrons. The molecule has 2 aromatic rings. The number of carbonyl (C=O) groups is 1. The molecule has 0 atom stereocenters. The molecule has 25 heavy (non-hydrogen) atoms. The highest BCUT2D eigenvalue weighted by Crippen LogP contribution is 2.44. The Balaban J connectivity index is 2.47. The zero-order valence-electron chi connectivity index (χ0n) is 14.7. The minimum atomic E-state index is -0.351. The van der Waals surface area contributed by atoms with Gasteiger partial charge in [-0.05, 0) is 35.1 Å². The molecular formula is C19H21IO5. The fraction of sp³-hybridized carbons (Fsp3) is 0.316. The van der Waals surface area contributed by atoms with Crippen molar-refractivity contribution in [2.24, 2.45) is 0 Å². The molecule has 0 aliphatic rings. The second-order valence-electron chi connectivity index (χ2n) is 5.34. The summed E-state index contributed by atoms with van der Waals surface area (Å²) in [6, 6.07) is 9.89. The van der Waals surface area contributed by atoms with E-state index in [1.54, 1.807) is 14.2 Å². The maximum Gasteiger partial charge on any atom is 0.310 e. The Morgan fingerprint density at radius 2 is 1.64 bits per heavy atom. The van der Waals surface area contributed by atoms with E-state index in [2.05, 4.69) is 22.6 Å². The lowest BCUT2D eigenvalue weighted by molar-refractivity contribution is -0.139. The Bertz CT molecular complexity index is 743. The third kappa shape index (κ3) is 4.36. The molecule has 0 aliphatic heterocycles. The number of esters is 1. The van der Waals surface area contributed by atoms with E-state index in [4.69, 9.17) is 18.9 Å². The minimum absolute atomic E-state index is 0.0796. The molecule has 134 valence electrons. The van der Waals surface area contributed by atoms with E-state index < -0.39 is 0 Å². The number of halogens is 1. The van der Waals surface area contributed by atoms with Crippen LogP contribution in [-0.4, -0.2) is 27.3 Å². The topological polar surface area (TPSA) is 54.0 Å². The largest absolute Gasteiger partial charge is 0.493 e. The average molecular weight is 456 g/mol. The lowest BCUT2D eigenvalue weighted by Gasteiger charge is -2.21. The van der Waals surface area contributed by atoms with Gasteiger partial charge in [0.2, 0.25) is 0 Å². The number of rotatable bonds is 7. The summed E-state index contributed by atoms with van der Waals surface area (Å²) in [5.41, 5.74) is 2.58. The van der Waals surface area contributed by atoms with E-state index in [0.29, 0.717) is 29.4 Å². The maximum atomic E-state index is 11.8. The molecule has 0 spiro atoms. The molecule has 0 fully saturated rings. The first-order chi connectivity index (χ1) is 12.0. The third-order valence-electron chi connectivity index (χ3n) is 3.81. The van der Waals surface area contributed by atoms with Crippen molar-refractivity contribution in [3.63, 3.8) is 0 Å². The Hall–Kier alpha value is -1.96. The molecule has 6 heteroatoms. The van der Waals surface area contributed by atoms with Gasteiger partial charge in [-0.3, -0.25) is 4.79 Å². The van der Waals surface area contributed by atoms with Crippen LogP contribution in [0.25, 0.3) is 0 Å². The molecular weight excluding hydrogens is 435 g/mol. The van der Waals surface area contributed by atoms with Gasteiger partial charge in [0.25, 0.3) is 0 Å². The molecule has 0 unspecified atom stereocenters. The number of hydrogen-bond donors (Lipinski definition) is 0. The third-order valence-corrected chi connectivity index (χ3v) is 4.95. The second kappa shape index (κ2) is 8.94. The molecule has 0 saturated heterocycles. The predicted octanol–water partition coefficient (Wildman–Crippen LogP) is 3.91. The van der Waals surface area contributed by atoms with Crippen molar-refractivity contribution in [2.75, 3.05) is 21.3 Å². The summed E-state index contributed by atoms with van der Waals surface area (Å²) >= 11 is 2.17. The Morgan fingerprint density at radius 3 is 2.20 bits per heavy atom. The normalized spacial score (nSPS) is 10.3. The average Bonchev–Trinajstić information content (AvgIpc) is 2.64. The van der Waals surface area contributed by atoms with Gasteiger partial charge in [-0.1, -0.05) is 30.3 Å². The second-order valence-corrected chi connectivity index (χ2v) is 6.42. The summed E-state index contributed by atoms with van der Waals surface area (Å²) in [6.45, 7) is 2.33. The van der Waals surface area contributed by atoms with E-state index in [0.717, 1.165) is 14.7 Å². The van der Waals surface area contributed by atoms with Crippen LogP contribution in [0, 0.1) is 10.5 Å². The van der Waals surface area contributed by atoms with Crippen LogP contribution >= 0.6 is 22.6 Å². The van der Waals surface area contributed by atoms with Crippen molar-refractivity contribution < 1.29 is 23.7 Å². The molecule has 0 heterocycles.